The van der Waals surface area contributed by atoms with E-state index in [0.717, 1.165) is 62.7 Å². The molecule has 0 amide bonds. The smallest absolute Gasteiger partial charge is 0.221 e. The number of ether oxygens (including phenoxy) is 4. The van der Waals surface area contributed by atoms with Crippen molar-refractivity contribution in [1.82, 2.24) is 10.2 Å². The predicted octanol–water partition coefficient (Wildman–Crippen LogP) is 3.26. The summed E-state index contributed by atoms with van der Waals surface area (Å²) >= 11 is 0. The Morgan fingerprint density at radius 2 is 2.03 bits per heavy atom. The normalized spacial score (nSPS) is 24.8. The van der Waals surface area contributed by atoms with Crippen LogP contribution in [0.2, 0.25) is 0 Å². The maximum atomic E-state index is 9.94. The van der Waals surface area contributed by atoms with Crippen molar-refractivity contribution in [2.24, 2.45) is 0 Å². The fourth-order valence-electron chi connectivity index (χ4n) is 4.92. The van der Waals surface area contributed by atoms with Crippen molar-refractivity contribution in [3.05, 3.63) is 29.0 Å². The van der Waals surface area contributed by atoms with Crippen molar-refractivity contribution in [3.63, 3.8) is 0 Å². The first-order valence-corrected chi connectivity index (χ1v) is 11.4. The van der Waals surface area contributed by atoms with Crippen LogP contribution in [-0.2, 0) is 9.47 Å². The third-order valence-electron chi connectivity index (χ3n) is 6.49. The molecule has 2 aliphatic heterocycles. The predicted molar refractivity (Wildman–Crippen MR) is 118 cm³/mol. The number of hydrogen-bond donors (Lipinski definition) is 1. The summed E-state index contributed by atoms with van der Waals surface area (Å²) < 4.78 is 22.9. The first kappa shape index (κ1) is 21.8. The molecule has 0 spiro atoms. The molecular formula is C24H33N3O4. The highest BCUT2D eigenvalue weighted by molar-refractivity contribution is 5.76. The average Bonchev–Trinajstić information content (AvgIpc) is 2.82. The van der Waals surface area contributed by atoms with Crippen molar-refractivity contribution in [2.75, 3.05) is 53.2 Å². The van der Waals surface area contributed by atoms with Crippen molar-refractivity contribution in [1.29, 1.82) is 5.26 Å². The van der Waals surface area contributed by atoms with E-state index in [0.29, 0.717) is 36.7 Å². The minimum Gasteiger partial charge on any atom is -0.493 e. The second-order valence-corrected chi connectivity index (χ2v) is 8.28. The molecule has 0 aromatic heterocycles. The number of methoxy groups -OCH3 is 1. The highest BCUT2D eigenvalue weighted by Gasteiger charge is 2.36. The summed E-state index contributed by atoms with van der Waals surface area (Å²) in [5.74, 6) is 2.21. The Morgan fingerprint density at radius 1 is 1.23 bits per heavy atom. The van der Waals surface area contributed by atoms with Crippen LogP contribution in [0.4, 0.5) is 0 Å². The fourth-order valence-corrected chi connectivity index (χ4v) is 4.92. The molecule has 0 radical (unpaired) electrons. The zero-order chi connectivity index (χ0) is 21.6. The van der Waals surface area contributed by atoms with E-state index in [4.69, 9.17) is 18.9 Å². The maximum Gasteiger partial charge on any atom is 0.221 e. The SMILES string of the molecule is CCOc1cc2c(cc1OC)C(=C(C#N)OCCN1CCOCC1)N[C@@H]1CCCC[C@H]21. The third-order valence-corrected chi connectivity index (χ3v) is 6.49. The van der Waals surface area contributed by atoms with E-state index < -0.39 is 0 Å². The first-order chi connectivity index (χ1) is 15.2. The van der Waals surface area contributed by atoms with Crippen molar-refractivity contribution < 1.29 is 18.9 Å². The lowest BCUT2D eigenvalue weighted by Crippen LogP contribution is -2.41. The zero-order valence-corrected chi connectivity index (χ0v) is 18.6. The van der Waals surface area contributed by atoms with Gasteiger partial charge in [0.2, 0.25) is 5.76 Å². The number of nitrogens with zero attached hydrogens (tertiary/aromatic N) is 2. The van der Waals surface area contributed by atoms with Crippen LogP contribution in [-0.4, -0.2) is 64.1 Å². The highest BCUT2D eigenvalue weighted by atomic mass is 16.5. The molecular weight excluding hydrogens is 394 g/mol. The van der Waals surface area contributed by atoms with Crippen LogP contribution >= 0.6 is 0 Å². The van der Waals surface area contributed by atoms with Gasteiger partial charge in [-0.05, 0) is 37.5 Å². The number of benzene rings is 1. The largest absolute Gasteiger partial charge is 0.493 e. The number of hydrogen-bond acceptors (Lipinski definition) is 7. The molecule has 1 saturated heterocycles. The second-order valence-electron chi connectivity index (χ2n) is 8.28. The third kappa shape index (κ3) is 4.76. The van der Waals surface area contributed by atoms with Crippen LogP contribution in [0.25, 0.3) is 5.70 Å². The fraction of sp³-hybridized carbons (Fsp3) is 0.625. The molecule has 1 aliphatic carbocycles. The van der Waals surface area contributed by atoms with Crippen LogP contribution in [0.1, 0.15) is 49.7 Å². The van der Waals surface area contributed by atoms with Gasteiger partial charge in [0, 0.05) is 37.2 Å². The molecule has 1 aromatic rings. The zero-order valence-electron chi connectivity index (χ0n) is 18.6. The Morgan fingerprint density at radius 3 is 2.77 bits per heavy atom. The van der Waals surface area contributed by atoms with Gasteiger partial charge in [-0.15, -0.1) is 0 Å². The van der Waals surface area contributed by atoms with E-state index in [1.165, 1.54) is 18.4 Å². The van der Waals surface area contributed by atoms with Crippen LogP contribution in [0.15, 0.2) is 17.9 Å². The number of allylic oxidation sites excluding steroid dienone is 1. The summed E-state index contributed by atoms with van der Waals surface area (Å²) in [5.41, 5.74) is 3.00. The summed E-state index contributed by atoms with van der Waals surface area (Å²) in [7, 11) is 1.65. The van der Waals surface area contributed by atoms with Crippen molar-refractivity contribution in [3.8, 4) is 17.6 Å². The van der Waals surface area contributed by atoms with Gasteiger partial charge in [0.05, 0.1) is 32.6 Å². The van der Waals surface area contributed by atoms with Crippen LogP contribution < -0.4 is 14.8 Å². The van der Waals surface area contributed by atoms with E-state index in [1.807, 2.05) is 13.0 Å². The molecule has 4 rings (SSSR count). The topological polar surface area (TPSA) is 76.0 Å². The minimum atomic E-state index is 0.310. The van der Waals surface area contributed by atoms with Crippen LogP contribution in [0.5, 0.6) is 11.5 Å². The van der Waals surface area contributed by atoms with Gasteiger partial charge in [0.1, 0.15) is 12.7 Å². The van der Waals surface area contributed by atoms with Crippen LogP contribution in [0, 0.1) is 11.3 Å². The lowest BCUT2D eigenvalue weighted by molar-refractivity contribution is 0.0283. The summed E-state index contributed by atoms with van der Waals surface area (Å²) in [6.45, 7) is 7.15. The lowest BCUT2D eigenvalue weighted by atomic mass is 9.75. The Kier molecular flexibility index (Phi) is 7.21. The molecule has 1 N–H and O–H groups in total. The summed E-state index contributed by atoms with van der Waals surface area (Å²) in [4.78, 5) is 2.31. The van der Waals surface area contributed by atoms with Crippen molar-refractivity contribution in [2.45, 2.75) is 44.6 Å². The van der Waals surface area contributed by atoms with E-state index in [-0.39, 0.29) is 0 Å². The van der Waals surface area contributed by atoms with Gasteiger partial charge < -0.3 is 24.3 Å². The van der Waals surface area contributed by atoms with Crippen molar-refractivity contribution >= 4 is 5.70 Å². The Labute approximate surface area is 184 Å². The molecule has 0 unspecified atom stereocenters. The summed E-state index contributed by atoms with van der Waals surface area (Å²) in [6.07, 6.45) is 4.65. The number of fused-ring (bicyclic) bond motifs is 3. The number of nitriles is 1. The standard InChI is InChI=1S/C24H33N3O4/c1-3-30-22-14-18-17-6-4-5-7-20(17)26-24(19(18)15-21(22)28-2)23(16-25)31-13-10-27-8-11-29-12-9-27/h14-15,17,20,26H,3-13H2,1-2H3/t17-,20-/m1/s1. The Balaban J connectivity index is 1.65. The number of morpholine rings is 1. The van der Waals surface area contributed by atoms with E-state index in [2.05, 4.69) is 22.4 Å². The van der Waals surface area contributed by atoms with Crippen LogP contribution in [0.3, 0.4) is 0 Å². The molecule has 0 bridgehead atoms. The molecule has 31 heavy (non-hydrogen) atoms. The van der Waals surface area contributed by atoms with E-state index in [9.17, 15) is 5.26 Å². The van der Waals surface area contributed by atoms with Gasteiger partial charge in [-0.25, -0.2) is 0 Å². The van der Waals surface area contributed by atoms with Gasteiger partial charge in [0.15, 0.2) is 11.5 Å². The Bertz CT molecular complexity index is 842. The quantitative estimate of drug-likeness (QED) is 0.529. The van der Waals surface area contributed by atoms with Gasteiger partial charge in [-0.1, -0.05) is 12.8 Å². The van der Waals surface area contributed by atoms with E-state index in [1.54, 1.807) is 7.11 Å². The molecule has 1 saturated carbocycles. The molecule has 2 atom stereocenters. The molecule has 7 heteroatoms. The number of rotatable bonds is 7. The molecule has 3 aliphatic rings. The highest BCUT2D eigenvalue weighted by Crippen LogP contribution is 2.45. The Hall–Kier alpha value is -2.43. The van der Waals surface area contributed by atoms with Gasteiger partial charge in [-0.3, -0.25) is 4.90 Å². The lowest BCUT2D eigenvalue weighted by Gasteiger charge is -2.40. The first-order valence-electron chi connectivity index (χ1n) is 11.4. The molecule has 168 valence electrons. The average molecular weight is 428 g/mol. The molecule has 2 fully saturated rings. The molecule has 2 heterocycles. The summed E-state index contributed by atoms with van der Waals surface area (Å²) in [6, 6.07) is 6.72. The summed E-state index contributed by atoms with van der Waals surface area (Å²) in [5, 5.41) is 13.6. The van der Waals surface area contributed by atoms with Gasteiger partial charge in [-0.2, -0.15) is 5.26 Å². The molecule has 1 aromatic carbocycles. The number of nitrogens with one attached hydrogen (secondary N) is 1. The van der Waals surface area contributed by atoms with E-state index >= 15 is 0 Å². The maximum absolute atomic E-state index is 9.94. The monoisotopic (exact) mass is 427 g/mol. The minimum absolute atomic E-state index is 0.310. The molecule has 7 nitrogen and oxygen atoms in total. The van der Waals surface area contributed by atoms with Gasteiger partial charge >= 0.3 is 0 Å². The van der Waals surface area contributed by atoms with Gasteiger partial charge in [0.25, 0.3) is 0 Å². The second kappa shape index (κ2) is 10.3.